The Bertz CT molecular complexity index is 254. The molecule has 1 fully saturated rings. The molecule has 1 heterocycles. The van der Waals surface area contributed by atoms with Gasteiger partial charge in [-0.05, 0) is 13.8 Å². The van der Waals surface area contributed by atoms with Crippen LogP contribution in [0.1, 0.15) is 33.6 Å². The van der Waals surface area contributed by atoms with Gasteiger partial charge in [-0.15, -0.1) is 0 Å². The van der Waals surface area contributed by atoms with Crippen LogP contribution in [0.25, 0.3) is 0 Å². The van der Waals surface area contributed by atoms with E-state index >= 15 is 0 Å². The van der Waals surface area contributed by atoms with E-state index in [-0.39, 0.29) is 12.6 Å². The highest BCUT2D eigenvalue weighted by atomic mass is 16.6. The minimum Gasteiger partial charge on any atom is -0.456 e. The van der Waals surface area contributed by atoms with Crippen LogP contribution in [0.5, 0.6) is 0 Å². The lowest BCUT2D eigenvalue weighted by Crippen LogP contribution is -2.42. The molecule has 15 heavy (non-hydrogen) atoms. The van der Waals surface area contributed by atoms with Crippen LogP contribution in [0, 0.1) is 0 Å². The van der Waals surface area contributed by atoms with Crippen molar-refractivity contribution in [3.63, 3.8) is 0 Å². The monoisotopic (exact) mass is 212 g/mol. The molecule has 0 aromatic rings. The average molecular weight is 212 g/mol. The predicted octanol–water partition coefficient (Wildman–Crippen LogP) is 0.364. The molecule has 1 rings (SSSR count). The number of carbonyl (C=O) groups is 1. The van der Waals surface area contributed by atoms with Gasteiger partial charge in [-0.3, -0.25) is 4.79 Å². The molecular weight excluding hydrogens is 195 g/mol. The number of aliphatic hydroxyl groups excluding tert-OH is 1. The smallest absolute Gasteiger partial charge is 0.306 e. The highest BCUT2D eigenvalue weighted by Crippen LogP contribution is 2.38. The molecule has 0 amide bonds. The van der Waals surface area contributed by atoms with Crippen LogP contribution in [0.15, 0.2) is 0 Å². The van der Waals surface area contributed by atoms with Crippen LogP contribution in [0.3, 0.4) is 0 Å². The lowest BCUT2D eigenvalue weighted by molar-refractivity contribution is -0.165. The van der Waals surface area contributed by atoms with Crippen molar-refractivity contribution >= 4 is 13.8 Å². The zero-order valence-electron chi connectivity index (χ0n) is 9.45. The third-order valence-corrected chi connectivity index (χ3v) is 2.60. The Morgan fingerprint density at radius 2 is 2.27 bits per heavy atom. The second-order valence-corrected chi connectivity index (χ2v) is 4.42. The number of hydrogen-bond donors (Lipinski definition) is 1. The second-order valence-electron chi connectivity index (χ2n) is 4.42. The fourth-order valence-corrected chi connectivity index (χ4v) is 1.97. The summed E-state index contributed by atoms with van der Waals surface area (Å²) in [5.41, 5.74) is -1.68. The lowest BCUT2D eigenvalue weighted by Gasteiger charge is -2.28. The van der Waals surface area contributed by atoms with E-state index in [0.29, 0.717) is 12.8 Å². The molecule has 2 radical (unpaired) electrons. The first-order valence-corrected chi connectivity index (χ1v) is 5.12. The number of aliphatic hydroxyl groups is 1. The maximum Gasteiger partial charge on any atom is 0.306 e. The second kappa shape index (κ2) is 4.14. The molecule has 0 aliphatic carbocycles. The number of ether oxygens (including phenoxy) is 2. The zero-order valence-corrected chi connectivity index (χ0v) is 9.45. The van der Waals surface area contributed by atoms with Gasteiger partial charge in [0.15, 0.2) is 0 Å². The third kappa shape index (κ3) is 2.72. The standard InChI is InChI=1S/C10H17BO4/c1-4-8(13)15-9(2)6-10(3,11)14-7(9)5-12/h7,12H,4-6H2,1-3H3. The molecule has 0 aromatic heterocycles. The number of carbonyl (C=O) groups excluding carboxylic acids is 1. The SMILES string of the molecule is [B]C1(C)CC(C)(OC(=O)CC)C(CO)O1. The van der Waals surface area contributed by atoms with Gasteiger partial charge < -0.3 is 14.6 Å². The summed E-state index contributed by atoms with van der Waals surface area (Å²) in [5, 5.41) is 9.15. The van der Waals surface area contributed by atoms with E-state index in [9.17, 15) is 4.79 Å². The van der Waals surface area contributed by atoms with Crippen LogP contribution < -0.4 is 0 Å². The molecule has 84 valence electrons. The van der Waals surface area contributed by atoms with E-state index in [4.69, 9.17) is 22.4 Å². The van der Waals surface area contributed by atoms with Crippen LogP contribution in [0.2, 0.25) is 0 Å². The van der Waals surface area contributed by atoms with Crippen molar-refractivity contribution in [2.75, 3.05) is 6.61 Å². The quantitative estimate of drug-likeness (QED) is 0.542. The predicted molar refractivity (Wildman–Crippen MR) is 55.5 cm³/mol. The molecule has 5 heteroatoms. The first-order chi connectivity index (χ1) is 6.83. The van der Waals surface area contributed by atoms with Gasteiger partial charge in [0, 0.05) is 18.3 Å². The van der Waals surface area contributed by atoms with Crippen molar-refractivity contribution < 1.29 is 19.4 Å². The first-order valence-electron chi connectivity index (χ1n) is 5.12. The molecule has 4 nitrogen and oxygen atoms in total. The van der Waals surface area contributed by atoms with Crippen LogP contribution in [-0.2, 0) is 14.3 Å². The van der Waals surface area contributed by atoms with Gasteiger partial charge in [0.1, 0.15) is 19.6 Å². The number of hydrogen-bond acceptors (Lipinski definition) is 4. The Morgan fingerprint density at radius 1 is 1.67 bits per heavy atom. The largest absolute Gasteiger partial charge is 0.456 e. The van der Waals surface area contributed by atoms with E-state index in [2.05, 4.69) is 0 Å². The minimum absolute atomic E-state index is 0.208. The summed E-state index contributed by atoms with van der Waals surface area (Å²) >= 11 is 0. The van der Waals surface area contributed by atoms with Crippen molar-refractivity contribution in [3.8, 4) is 0 Å². The molecule has 0 spiro atoms. The summed E-state index contributed by atoms with van der Waals surface area (Å²) in [4.78, 5) is 11.2. The fraction of sp³-hybridized carbons (Fsp3) is 0.900. The van der Waals surface area contributed by atoms with Crippen LogP contribution in [-0.4, -0.2) is 42.7 Å². The summed E-state index contributed by atoms with van der Waals surface area (Å²) in [7, 11) is 5.81. The summed E-state index contributed by atoms with van der Waals surface area (Å²) in [6, 6.07) is 0. The molecular formula is C10H17BO4. The Labute approximate surface area is 91.4 Å². The molecule has 1 saturated heterocycles. The summed E-state index contributed by atoms with van der Waals surface area (Å²) < 4.78 is 10.7. The molecule has 0 aromatic carbocycles. The number of esters is 1. The van der Waals surface area contributed by atoms with E-state index in [1.807, 2.05) is 0 Å². The highest BCUT2D eigenvalue weighted by Gasteiger charge is 2.50. The van der Waals surface area contributed by atoms with Crippen molar-refractivity contribution in [2.45, 2.75) is 50.8 Å². The summed E-state index contributed by atoms with van der Waals surface area (Å²) in [6.07, 6.45) is 0.134. The van der Waals surface area contributed by atoms with Gasteiger partial charge in [0.25, 0.3) is 0 Å². The van der Waals surface area contributed by atoms with E-state index in [1.165, 1.54) is 0 Å². The van der Waals surface area contributed by atoms with Crippen molar-refractivity contribution in [3.05, 3.63) is 0 Å². The topological polar surface area (TPSA) is 55.8 Å². The van der Waals surface area contributed by atoms with Gasteiger partial charge in [0.2, 0.25) is 0 Å². The normalized spacial score (nSPS) is 40.4. The van der Waals surface area contributed by atoms with Crippen molar-refractivity contribution in [2.24, 2.45) is 0 Å². The molecule has 1 aliphatic heterocycles. The molecule has 1 aliphatic rings. The van der Waals surface area contributed by atoms with E-state index < -0.39 is 17.2 Å². The van der Waals surface area contributed by atoms with Gasteiger partial charge in [-0.25, -0.2) is 0 Å². The Hall–Kier alpha value is -0.545. The molecule has 1 N–H and O–H groups in total. The number of rotatable bonds is 3. The zero-order chi connectivity index (χ0) is 11.7. The maximum absolute atomic E-state index is 11.2. The summed E-state index contributed by atoms with van der Waals surface area (Å²) in [6.45, 7) is 4.96. The van der Waals surface area contributed by atoms with Gasteiger partial charge >= 0.3 is 5.97 Å². The van der Waals surface area contributed by atoms with E-state index in [1.54, 1.807) is 20.8 Å². The average Bonchev–Trinajstić information content (AvgIpc) is 2.35. The highest BCUT2D eigenvalue weighted by molar-refractivity contribution is 6.14. The van der Waals surface area contributed by atoms with Crippen molar-refractivity contribution in [1.82, 2.24) is 0 Å². The van der Waals surface area contributed by atoms with Gasteiger partial charge in [-0.1, -0.05) is 6.92 Å². The molecule has 0 bridgehead atoms. The Balaban J connectivity index is 2.77. The first kappa shape index (κ1) is 12.5. The van der Waals surface area contributed by atoms with E-state index in [0.717, 1.165) is 0 Å². The molecule has 0 saturated carbocycles. The molecule has 3 unspecified atom stereocenters. The Morgan fingerprint density at radius 3 is 2.73 bits per heavy atom. The lowest BCUT2D eigenvalue weighted by atomic mass is 9.77. The Kier molecular flexibility index (Phi) is 3.46. The maximum atomic E-state index is 11.2. The fourth-order valence-electron chi connectivity index (χ4n) is 1.97. The van der Waals surface area contributed by atoms with Crippen LogP contribution >= 0.6 is 0 Å². The van der Waals surface area contributed by atoms with Gasteiger partial charge in [-0.2, -0.15) is 0 Å². The molecule has 3 atom stereocenters. The summed E-state index contributed by atoms with van der Waals surface area (Å²) in [5.74, 6) is -0.308. The minimum atomic E-state index is -0.851. The van der Waals surface area contributed by atoms with Crippen LogP contribution in [0.4, 0.5) is 0 Å². The van der Waals surface area contributed by atoms with Gasteiger partial charge in [0.05, 0.1) is 6.61 Å². The van der Waals surface area contributed by atoms with Crippen molar-refractivity contribution in [1.29, 1.82) is 0 Å². The third-order valence-electron chi connectivity index (χ3n) is 2.60.